The van der Waals surface area contributed by atoms with Crippen molar-refractivity contribution in [2.75, 3.05) is 12.4 Å². The molecule has 0 radical (unpaired) electrons. The number of rotatable bonds is 6. The highest BCUT2D eigenvalue weighted by Gasteiger charge is 2.09. The third-order valence-electron chi connectivity index (χ3n) is 3.31. The SMILES string of the molecule is CN(Cc1cnn(C)c1)Cn1nc(Nc2ccccc2F)sc1=S. The van der Waals surface area contributed by atoms with E-state index in [1.54, 1.807) is 27.6 Å². The second-order valence-corrected chi connectivity index (χ2v) is 7.08. The van der Waals surface area contributed by atoms with E-state index in [1.807, 2.05) is 26.5 Å². The molecule has 0 aliphatic carbocycles. The molecule has 3 aromatic rings. The molecule has 0 bridgehead atoms. The molecule has 0 spiro atoms. The zero-order valence-corrected chi connectivity index (χ0v) is 14.9. The van der Waals surface area contributed by atoms with E-state index in [0.717, 1.165) is 12.1 Å². The largest absolute Gasteiger partial charge is 0.328 e. The fourth-order valence-electron chi connectivity index (χ4n) is 2.27. The normalized spacial score (nSPS) is 11.2. The first-order valence-electron chi connectivity index (χ1n) is 7.27. The monoisotopic (exact) mass is 364 g/mol. The smallest absolute Gasteiger partial charge is 0.209 e. The van der Waals surface area contributed by atoms with Crippen LogP contribution in [0.5, 0.6) is 0 Å². The summed E-state index contributed by atoms with van der Waals surface area (Å²) in [5, 5.41) is 12.1. The number of nitrogens with zero attached hydrogens (tertiary/aromatic N) is 5. The Kier molecular flexibility index (Phi) is 5.03. The lowest BCUT2D eigenvalue weighted by atomic mass is 10.3. The Morgan fingerprint density at radius 2 is 2.17 bits per heavy atom. The van der Waals surface area contributed by atoms with Crippen LogP contribution in [0, 0.1) is 9.77 Å². The van der Waals surface area contributed by atoms with Gasteiger partial charge in [-0.2, -0.15) is 5.10 Å². The molecule has 0 atom stereocenters. The van der Waals surface area contributed by atoms with Crippen LogP contribution in [0.25, 0.3) is 0 Å². The maximum absolute atomic E-state index is 13.7. The molecule has 6 nitrogen and oxygen atoms in total. The summed E-state index contributed by atoms with van der Waals surface area (Å²) in [7, 11) is 3.87. The van der Waals surface area contributed by atoms with E-state index in [-0.39, 0.29) is 5.82 Å². The standard InChI is InChI=1S/C15H17FN6S2/c1-20(8-11-7-17-21(2)9-11)10-22-15(23)24-14(19-22)18-13-6-4-3-5-12(13)16/h3-7,9H,8,10H2,1-2H3,(H,18,19). The number of halogens is 1. The van der Waals surface area contributed by atoms with Crippen molar-refractivity contribution in [2.45, 2.75) is 13.2 Å². The van der Waals surface area contributed by atoms with E-state index in [4.69, 9.17) is 12.2 Å². The van der Waals surface area contributed by atoms with Gasteiger partial charge in [-0.15, -0.1) is 5.10 Å². The van der Waals surface area contributed by atoms with Crippen LogP contribution in [0.1, 0.15) is 5.56 Å². The zero-order chi connectivity index (χ0) is 17.1. The highest BCUT2D eigenvalue weighted by atomic mass is 32.1. The molecular weight excluding hydrogens is 347 g/mol. The molecule has 24 heavy (non-hydrogen) atoms. The molecule has 0 amide bonds. The van der Waals surface area contributed by atoms with Gasteiger partial charge in [0.1, 0.15) is 5.82 Å². The fraction of sp³-hybridized carbons (Fsp3) is 0.267. The van der Waals surface area contributed by atoms with Gasteiger partial charge < -0.3 is 5.32 Å². The Balaban J connectivity index is 1.67. The summed E-state index contributed by atoms with van der Waals surface area (Å²) in [5.41, 5.74) is 1.50. The number of para-hydroxylation sites is 1. The summed E-state index contributed by atoms with van der Waals surface area (Å²) >= 11 is 6.67. The first-order chi connectivity index (χ1) is 11.5. The molecule has 0 aliphatic heterocycles. The zero-order valence-electron chi connectivity index (χ0n) is 13.3. The number of benzene rings is 1. The number of hydrogen-bond donors (Lipinski definition) is 1. The summed E-state index contributed by atoms with van der Waals surface area (Å²) in [5.74, 6) is -0.320. The van der Waals surface area contributed by atoms with Crippen molar-refractivity contribution in [3.63, 3.8) is 0 Å². The molecule has 9 heteroatoms. The maximum Gasteiger partial charge on any atom is 0.209 e. The predicted molar refractivity (Wildman–Crippen MR) is 95.3 cm³/mol. The summed E-state index contributed by atoms with van der Waals surface area (Å²) in [6.07, 6.45) is 3.81. The predicted octanol–water partition coefficient (Wildman–Crippen LogP) is 3.38. The molecule has 1 aromatic carbocycles. The van der Waals surface area contributed by atoms with Gasteiger partial charge in [0.2, 0.25) is 5.13 Å². The number of aryl methyl sites for hydroxylation is 1. The van der Waals surface area contributed by atoms with Crippen molar-refractivity contribution < 1.29 is 4.39 Å². The highest BCUT2D eigenvalue weighted by molar-refractivity contribution is 7.73. The maximum atomic E-state index is 13.7. The minimum atomic E-state index is -0.320. The van der Waals surface area contributed by atoms with E-state index in [1.165, 1.54) is 17.4 Å². The van der Waals surface area contributed by atoms with E-state index < -0.39 is 0 Å². The Morgan fingerprint density at radius 3 is 2.88 bits per heavy atom. The van der Waals surface area contributed by atoms with Gasteiger partial charge in [-0.3, -0.25) is 9.58 Å². The lowest BCUT2D eigenvalue weighted by Gasteiger charge is -2.15. The molecule has 3 rings (SSSR count). The summed E-state index contributed by atoms with van der Waals surface area (Å²) in [6, 6.07) is 6.48. The van der Waals surface area contributed by atoms with Gasteiger partial charge in [-0.05, 0) is 31.4 Å². The topological polar surface area (TPSA) is 50.9 Å². The fourth-order valence-corrected chi connectivity index (χ4v) is 3.27. The van der Waals surface area contributed by atoms with Gasteiger partial charge in [0.05, 0.1) is 18.6 Å². The van der Waals surface area contributed by atoms with E-state index >= 15 is 0 Å². The third kappa shape index (κ3) is 4.05. The molecule has 2 heterocycles. The van der Waals surface area contributed by atoms with Crippen molar-refractivity contribution in [2.24, 2.45) is 7.05 Å². The van der Waals surface area contributed by atoms with Crippen LogP contribution in [0.4, 0.5) is 15.2 Å². The van der Waals surface area contributed by atoms with E-state index in [0.29, 0.717) is 21.4 Å². The number of anilines is 2. The van der Waals surface area contributed by atoms with E-state index in [2.05, 4.69) is 20.4 Å². The summed E-state index contributed by atoms with van der Waals surface area (Å²) in [4.78, 5) is 2.08. The molecule has 0 unspecified atom stereocenters. The first-order valence-corrected chi connectivity index (χ1v) is 8.49. The van der Waals surface area contributed by atoms with Crippen molar-refractivity contribution in [1.29, 1.82) is 0 Å². The second-order valence-electron chi connectivity index (χ2n) is 5.46. The molecule has 1 N–H and O–H groups in total. The van der Waals surface area contributed by atoms with Crippen LogP contribution >= 0.6 is 23.6 Å². The molecule has 126 valence electrons. The first kappa shape index (κ1) is 16.7. The average Bonchev–Trinajstić information content (AvgIpc) is 3.08. The molecule has 0 saturated heterocycles. The van der Waals surface area contributed by atoms with Crippen LogP contribution in [-0.4, -0.2) is 31.5 Å². The molecule has 0 aliphatic rings. The lowest BCUT2D eigenvalue weighted by Crippen LogP contribution is -2.22. The van der Waals surface area contributed by atoms with Gasteiger partial charge in [-0.1, -0.05) is 23.5 Å². The van der Waals surface area contributed by atoms with Crippen LogP contribution in [0.3, 0.4) is 0 Å². The van der Waals surface area contributed by atoms with Gasteiger partial charge in [0.15, 0.2) is 3.95 Å². The van der Waals surface area contributed by atoms with Crippen LogP contribution in [-0.2, 0) is 20.3 Å². The van der Waals surface area contributed by atoms with E-state index in [9.17, 15) is 4.39 Å². The average molecular weight is 364 g/mol. The van der Waals surface area contributed by atoms with Crippen LogP contribution < -0.4 is 5.32 Å². The van der Waals surface area contributed by atoms with Gasteiger partial charge in [0.25, 0.3) is 0 Å². The van der Waals surface area contributed by atoms with Crippen molar-refractivity contribution >= 4 is 34.4 Å². The van der Waals surface area contributed by atoms with Gasteiger partial charge in [0, 0.05) is 25.4 Å². The number of nitrogens with one attached hydrogen (secondary N) is 1. The highest BCUT2D eigenvalue weighted by Crippen LogP contribution is 2.22. The minimum Gasteiger partial charge on any atom is -0.328 e. The Labute approximate surface area is 148 Å². The molecular formula is C15H17FN6S2. The van der Waals surface area contributed by atoms with Gasteiger partial charge >= 0.3 is 0 Å². The molecule has 0 fully saturated rings. The lowest BCUT2D eigenvalue weighted by molar-refractivity contribution is 0.245. The number of aromatic nitrogens is 4. The van der Waals surface area contributed by atoms with Crippen molar-refractivity contribution in [3.05, 3.63) is 52.0 Å². The quantitative estimate of drug-likeness (QED) is 0.680. The Bertz CT molecular complexity index is 884. The Hall–Kier alpha value is -2.10. The third-order valence-corrected chi connectivity index (χ3v) is 4.53. The van der Waals surface area contributed by atoms with Crippen molar-refractivity contribution in [1.82, 2.24) is 24.5 Å². The van der Waals surface area contributed by atoms with Crippen molar-refractivity contribution in [3.8, 4) is 0 Å². The summed E-state index contributed by atoms with van der Waals surface area (Å²) in [6.45, 7) is 1.28. The second kappa shape index (κ2) is 7.20. The minimum absolute atomic E-state index is 0.320. The van der Waals surface area contributed by atoms with Crippen LogP contribution in [0.15, 0.2) is 36.7 Å². The van der Waals surface area contributed by atoms with Gasteiger partial charge in [-0.25, -0.2) is 9.07 Å². The molecule has 2 aromatic heterocycles. The van der Waals surface area contributed by atoms with Crippen LogP contribution in [0.2, 0.25) is 0 Å². The summed E-state index contributed by atoms with van der Waals surface area (Å²) < 4.78 is 17.8. The molecule has 0 saturated carbocycles. The Morgan fingerprint density at radius 1 is 1.38 bits per heavy atom. The number of hydrogen-bond acceptors (Lipinski definition) is 6.